The Morgan fingerprint density at radius 1 is 0.836 bits per heavy atom. The molecule has 352 valence electrons. The summed E-state index contributed by atoms with van der Waals surface area (Å²) in [5.41, 5.74) is 1.66. The van der Waals surface area contributed by atoms with Gasteiger partial charge in [-0.15, -0.1) is 0 Å². The lowest BCUT2D eigenvalue weighted by Crippen LogP contribution is -2.60. The highest BCUT2D eigenvalue weighted by Crippen LogP contribution is 2.49. The minimum Gasteiger partial charge on any atom is -0.497 e. The van der Waals surface area contributed by atoms with Gasteiger partial charge in [0.25, 0.3) is 14.4 Å². The zero-order valence-electron chi connectivity index (χ0n) is 39.5. The molecule has 3 heterocycles. The summed E-state index contributed by atoms with van der Waals surface area (Å²) in [6, 6.07) is 37.4. The normalized spacial score (nSPS) is 17.3. The third-order valence-electron chi connectivity index (χ3n) is 11.8. The molecular formula is C51H61N8O7P. The van der Waals surface area contributed by atoms with Gasteiger partial charge in [0.05, 0.1) is 52.9 Å². The maximum atomic E-state index is 13.3. The van der Waals surface area contributed by atoms with Crippen molar-refractivity contribution >= 4 is 31.4 Å². The van der Waals surface area contributed by atoms with Gasteiger partial charge in [0.15, 0.2) is 17.0 Å². The molecule has 15 nitrogen and oxygen atoms in total. The maximum absolute atomic E-state index is 13.3. The molecule has 1 fully saturated rings. The molecule has 4 aromatic carbocycles. The molecule has 1 aliphatic rings. The van der Waals surface area contributed by atoms with E-state index < -0.39 is 26.0 Å². The molecule has 6 aromatic rings. The lowest BCUT2D eigenvalue weighted by Gasteiger charge is -2.49. The molecular weight excluding hydrogens is 868 g/mol. The SMILES string of the molecule is COc1ccc(C(OC[C@@]2(COP(OCCC#N)N(C(C)C)C(C)C)CN(C(C)C)C[C@H](n3cnc4c(NC(=O)c5ccccc5)ncnc43)O2)(c2ccccc2)c2ccc(OC)cc2)cc1. The number of amides is 1. The van der Waals surface area contributed by atoms with Crippen molar-refractivity contribution in [2.45, 2.75) is 83.5 Å². The molecule has 1 amide bonds. The minimum atomic E-state index is -1.68. The number of morpholine rings is 1. The van der Waals surface area contributed by atoms with E-state index >= 15 is 0 Å². The van der Waals surface area contributed by atoms with Crippen molar-refractivity contribution in [2.24, 2.45) is 0 Å². The number of rotatable bonds is 21. The van der Waals surface area contributed by atoms with Crippen LogP contribution < -0.4 is 14.8 Å². The zero-order valence-corrected chi connectivity index (χ0v) is 40.4. The van der Waals surface area contributed by atoms with Crippen molar-refractivity contribution < 1.29 is 32.8 Å². The fourth-order valence-corrected chi connectivity index (χ4v) is 10.1. The highest BCUT2D eigenvalue weighted by atomic mass is 31.2. The van der Waals surface area contributed by atoms with Crippen molar-refractivity contribution in [3.63, 3.8) is 0 Å². The third kappa shape index (κ3) is 11.1. The van der Waals surface area contributed by atoms with Crippen molar-refractivity contribution in [1.82, 2.24) is 29.1 Å². The highest BCUT2D eigenvalue weighted by molar-refractivity contribution is 7.44. The van der Waals surface area contributed by atoms with Crippen molar-refractivity contribution in [3.05, 3.63) is 144 Å². The molecule has 16 heteroatoms. The van der Waals surface area contributed by atoms with Crippen LogP contribution in [-0.2, 0) is 24.1 Å². The predicted octanol–water partition coefficient (Wildman–Crippen LogP) is 9.38. The van der Waals surface area contributed by atoms with Crippen molar-refractivity contribution in [1.29, 1.82) is 5.26 Å². The van der Waals surface area contributed by atoms with Gasteiger partial charge >= 0.3 is 0 Å². The number of hydrogen-bond acceptors (Lipinski definition) is 13. The van der Waals surface area contributed by atoms with E-state index in [1.54, 1.807) is 32.7 Å². The van der Waals surface area contributed by atoms with Crippen molar-refractivity contribution in [3.8, 4) is 17.6 Å². The zero-order chi connectivity index (χ0) is 47.6. The molecule has 1 unspecified atom stereocenters. The monoisotopic (exact) mass is 928 g/mol. The molecule has 7 rings (SSSR count). The standard InChI is InChI=1S/C51H61N8O7P/c1-36(2)57-30-45(58-35-55-46-47(53-34-54-48(46)58)56-49(60)39-16-11-9-12-17-39)66-50(31-57,33-65-67(64-29-15-28-52)59(37(3)4)38(5)6)32-63-51(40-18-13-10-14-19-40,41-20-24-43(61-7)25-21-41)42-22-26-44(62-8)27-23-42/h9-14,16-27,34-38,45H,15,29-33H2,1-8H3,(H,53,54,56,60)/t45-,50-,67?/m1/s1. The number of nitriles is 1. The first-order valence-corrected chi connectivity index (χ1v) is 23.7. The van der Waals surface area contributed by atoms with Crippen molar-refractivity contribution in [2.75, 3.05) is 52.4 Å². The molecule has 67 heavy (non-hydrogen) atoms. The van der Waals surface area contributed by atoms with Gasteiger partial charge in [0.2, 0.25) is 0 Å². The minimum absolute atomic E-state index is 0.0321. The Hall–Kier alpha value is -5.82. The summed E-state index contributed by atoms with van der Waals surface area (Å²) in [7, 11) is 1.62. The number of anilines is 1. The molecule has 2 aromatic heterocycles. The molecule has 1 aliphatic heterocycles. The summed E-state index contributed by atoms with van der Waals surface area (Å²) >= 11 is 0. The van der Waals surface area contributed by atoms with E-state index in [0.717, 1.165) is 16.7 Å². The Labute approximate surface area is 394 Å². The average molecular weight is 929 g/mol. The van der Waals surface area contributed by atoms with Gasteiger partial charge in [-0.2, -0.15) is 5.26 Å². The van der Waals surface area contributed by atoms with E-state index in [4.69, 9.17) is 38.0 Å². The number of ether oxygens (including phenoxy) is 4. The van der Waals surface area contributed by atoms with Gasteiger partial charge in [-0.1, -0.05) is 72.8 Å². The van der Waals surface area contributed by atoms with E-state index in [-0.39, 0.29) is 56.1 Å². The second-order valence-corrected chi connectivity index (χ2v) is 18.7. The summed E-state index contributed by atoms with van der Waals surface area (Å²) in [5, 5.41) is 12.4. The van der Waals surface area contributed by atoms with Crippen LogP contribution in [0.15, 0.2) is 122 Å². The Bertz CT molecular complexity index is 2500. The summed E-state index contributed by atoms with van der Waals surface area (Å²) in [5.74, 6) is 1.38. The Kier molecular flexibility index (Phi) is 16.4. The molecule has 0 aliphatic carbocycles. The van der Waals surface area contributed by atoms with Crippen LogP contribution in [0.25, 0.3) is 11.2 Å². The van der Waals surface area contributed by atoms with Gasteiger partial charge in [0.1, 0.15) is 35.3 Å². The molecule has 0 spiro atoms. The second-order valence-electron chi connectivity index (χ2n) is 17.3. The molecule has 1 N–H and O–H groups in total. The number of carbonyl (C=O) groups excluding carboxylic acids is 1. The Morgan fingerprint density at radius 3 is 2.00 bits per heavy atom. The first kappa shape index (κ1) is 49.1. The summed E-state index contributed by atoms with van der Waals surface area (Å²) in [4.78, 5) is 29.6. The molecule has 0 radical (unpaired) electrons. The van der Waals surface area contributed by atoms with Crippen LogP contribution in [0.5, 0.6) is 11.5 Å². The molecule has 0 saturated carbocycles. The first-order valence-electron chi connectivity index (χ1n) is 22.6. The predicted molar refractivity (Wildman–Crippen MR) is 259 cm³/mol. The number of aromatic nitrogens is 4. The molecule has 1 saturated heterocycles. The first-order chi connectivity index (χ1) is 32.4. The van der Waals surface area contributed by atoms with Crippen LogP contribution in [0.2, 0.25) is 0 Å². The van der Waals surface area contributed by atoms with Crippen LogP contribution in [-0.4, -0.2) is 106 Å². The average Bonchev–Trinajstić information content (AvgIpc) is 3.79. The fourth-order valence-electron chi connectivity index (χ4n) is 8.46. The quantitative estimate of drug-likeness (QED) is 0.0414. The third-order valence-corrected chi connectivity index (χ3v) is 13.8. The van der Waals surface area contributed by atoms with E-state index in [9.17, 15) is 10.1 Å². The molecule has 0 bridgehead atoms. The van der Waals surface area contributed by atoms with E-state index in [1.807, 2.05) is 89.5 Å². The summed E-state index contributed by atoms with van der Waals surface area (Å²) in [6.07, 6.45) is 2.65. The fraction of sp³-hybridized carbons (Fsp3) is 0.392. The van der Waals surface area contributed by atoms with Gasteiger partial charge in [-0.25, -0.2) is 19.6 Å². The highest BCUT2D eigenvalue weighted by Gasteiger charge is 2.48. The van der Waals surface area contributed by atoms with Crippen LogP contribution in [0, 0.1) is 11.3 Å². The maximum Gasteiger partial charge on any atom is 0.259 e. The number of hydrogen-bond donors (Lipinski definition) is 1. The van der Waals surface area contributed by atoms with Gasteiger partial charge in [-0.3, -0.25) is 14.3 Å². The van der Waals surface area contributed by atoms with Crippen LogP contribution in [0.3, 0.4) is 0 Å². The van der Waals surface area contributed by atoms with Crippen LogP contribution in [0.4, 0.5) is 5.82 Å². The van der Waals surface area contributed by atoms with E-state index in [0.29, 0.717) is 41.3 Å². The number of imidazole rings is 1. The second kappa shape index (κ2) is 22.3. The number of methoxy groups -OCH3 is 2. The number of nitrogens with zero attached hydrogens (tertiary/aromatic N) is 7. The largest absolute Gasteiger partial charge is 0.497 e. The number of nitrogens with one attached hydrogen (secondary N) is 1. The van der Waals surface area contributed by atoms with E-state index in [1.165, 1.54) is 6.33 Å². The van der Waals surface area contributed by atoms with E-state index in [2.05, 4.69) is 79.6 Å². The number of benzene rings is 4. The lowest BCUT2D eigenvalue weighted by atomic mass is 9.79. The summed E-state index contributed by atoms with van der Waals surface area (Å²) < 4.78 is 44.0. The lowest BCUT2D eigenvalue weighted by molar-refractivity contribution is -0.230. The van der Waals surface area contributed by atoms with Crippen LogP contribution >= 0.6 is 8.53 Å². The smallest absolute Gasteiger partial charge is 0.259 e. The van der Waals surface area contributed by atoms with Gasteiger partial charge in [-0.05, 0) is 94.6 Å². The number of fused-ring (bicyclic) bond motifs is 1. The topological polar surface area (TPSA) is 158 Å². The van der Waals surface area contributed by atoms with Gasteiger partial charge in [0, 0.05) is 36.8 Å². The summed E-state index contributed by atoms with van der Waals surface area (Å²) in [6.45, 7) is 13.9. The Balaban J connectivity index is 1.36. The van der Waals surface area contributed by atoms with Crippen LogP contribution in [0.1, 0.15) is 81.2 Å². The Morgan fingerprint density at radius 2 is 1.43 bits per heavy atom. The number of carbonyl (C=O) groups is 1. The molecule has 3 atom stereocenters. The van der Waals surface area contributed by atoms with Gasteiger partial charge < -0.3 is 33.3 Å².